The van der Waals surface area contributed by atoms with E-state index < -0.39 is 0 Å². The lowest BCUT2D eigenvalue weighted by molar-refractivity contribution is 0.0368. The molecule has 154 valence electrons. The van der Waals surface area contributed by atoms with Gasteiger partial charge in [0.25, 0.3) is 0 Å². The van der Waals surface area contributed by atoms with Crippen molar-refractivity contribution in [1.82, 2.24) is 20.5 Å². The van der Waals surface area contributed by atoms with Gasteiger partial charge in [-0.25, -0.2) is 4.98 Å². The molecule has 2 aliphatic rings. The van der Waals surface area contributed by atoms with Crippen molar-refractivity contribution in [3.8, 4) is 0 Å². The third-order valence-corrected chi connectivity index (χ3v) is 7.17. The molecule has 1 aromatic rings. The third kappa shape index (κ3) is 6.03. The Morgan fingerprint density at radius 1 is 1.07 bits per heavy atom. The molecule has 2 fully saturated rings. The summed E-state index contributed by atoms with van der Waals surface area (Å²) in [4.78, 5) is 13.1. The molecular weight excluding hydrogens is 469 g/mol. The first-order chi connectivity index (χ1) is 12.6. The van der Waals surface area contributed by atoms with Gasteiger partial charge >= 0.3 is 0 Å². The van der Waals surface area contributed by atoms with Gasteiger partial charge in [0.2, 0.25) is 0 Å². The molecule has 0 aromatic carbocycles. The molecule has 1 saturated carbocycles. The Morgan fingerprint density at radius 2 is 1.74 bits per heavy atom. The summed E-state index contributed by atoms with van der Waals surface area (Å²) in [6.45, 7) is 8.50. The molecule has 27 heavy (non-hydrogen) atoms. The van der Waals surface area contributed by atoms with Gasteiger partial charge in [-0.3, -0.25) is 9.89 Å². The Bertz CT molecular complexity index is 584. The van der Waals surface area contributed by atoms with Crippen molar-refractivity contribution < 1.29 is 0 Å². The predicted molar refractivity (Wildman–Crippen MR) is 126 cm³/mol. The van der Waals surface area contributed by atoms with Crippen LogP contribution in [0.2, 0.25) is 0 Å². The molecule has 0 atom stereocenters. The van der Waals surface area contributed by atoms with Gasteiger partial charge in [-0.1, -0.05) is 25.7 Å². The Balaban J connectivity index is 0.00000261. The van der Waals surface area contributed by atoms with Crippen LogP contribution >= 0.6 is 35.3 Å². The highest BCUT2D eigenvalue weighted by atomic mass is 127. The number of hydrogen-bond donors (Lipinski definition) is 2. The van der Waals surface area contributed by atoms with E-state index in [4.69, 9.17) is 0 Å². The SMILES string of the molecule is CN=C(NCc1nc(C)c(C)s1)NCC1(N2CCCCC2)CCCCC1.I. The van der Waals surface area contributed by atoms with E-state index in [1.165, 1.54) is 69.3 Å². The van der Waals surface area contributed by atoms with Crippen LogP contribution in [0.15, 0.2) is 4.99 Å². The molecule has 1 aromatic heterocycles. The number of aliphatic imine (C=N–C) groups is 1. The summed E-state index contributed by atoms with van der Waals surface area (Å²) in [5, 5.41) is 8.23. The minimum atomic E-state index is 0. The van der Waals surface area contributed by atoms with Crippen molar-refractivity contribution in [2.75, 3.05) is 26.7 Å². The van der Waals surface area contributed by atoms with Crippen molar-refractivity contribution in [2.24, 2.45) is 4.99 Å². The maximum Gasteiger partial charge on any atom is 0.191 e. The summed E-state index contributed by atoms with van der Waals surface area (Å²) in [6.07, 6.45) is 10.9. The molecule has 0 spiro atoms. The maximum atomic E-state index is 4.62. The lowest BCUT2D eigenvalue weighted by Gasteiger charge is -2.48. The Hall–Kier alpha value is -0.410. The number of guanidine groups is 1. The van der Waals surface area contributed by atoms with Gasteiger partial charge in [-0.05, 0) is 52.6 Å². The molecular formula is C20H36IN5S. The lowest BCUT2D eigenvalue weighted by atomic mass is 9.79. The number of nitrogens with one attached hydrogen (secondary N) is 2. The summed E-state index contributed by atoms with van der Waals surface area (Å²) >= 11 is 1.77. The van der Waals surface area contributed by atoms with E-state index in [-0.39, 0.29) is 24.0 Å². The number of aryl methyl sites for hydroxylation is 2. The van der Waals surface area contributed by atoms with E-state index in [0.717, 1.165) is 29.8 Å². The van der Waals surface area contributed by atoms with Crippen LogP contribution in [0.1, 0.15) is 66.9 Å². The predicted octanol–water partition coefficient (Wildman–Crippen LogP) is 4.23. The molecule has 2 N–H and O–H groups in total. The van der Waals surface area contributed by atoms with Gasteiger partial charge < -0.3 is 10.6 Å². The minimum absolute atomic E-state index is 0. The molecule has 0 bridgehead atoms. The largest absolute Gasteiger partial charge is 0.355 e. The molecule has 0 radical (unpaired) electrons. The molecule has 1 aliphatic carbocycles. The van der Waals surface area contributed by atoms with E-state index in [2.05, 4.69) is 39.4 Å². The molecule has 2 heterocycles. The minimum Gasteiger partial charge on any atom is -0.355 e. The Morgan fingerprint density at radius 3 is 2.33 bits per heavy atom. The van der Waals surface area contributed by atoms with Crippen molar-refractivity contribution in [3.63, 3.8) is 0 Å². The van der Waals surface area contributed by atoms with E-state index in [9.17, 15) is 0 Å². The zero-order chi connectivity index (χ0) is 18.4. The third-order valence-electron chi connectivity index (χ3n) is 6.10. The van der Waals surface area contributed by atoms with E-state index in [1.54, 1.807) is 11.3 Å². The number of likely N-dealkylation sites (tertiary alicyclic amines) is 1. The number of piperidine rings is 1. The van der Waals surface area contributed by atoms with Crippen LogP contribution in [0.25, 0.3) is 0 Å². The van der Waals surface area contributed by atoms with Gasteiger partial charge in [0.05, 0.1) is 12.2 Å². The number of thiazole rings is 1. The number of aromatic nitrogens is 1. The fourth-order valence-corrected chi connectivity index (χ4v) is 5.30. The van der Waals surface area contributed by atoms with Crippen LogP contribution < -0.4 is 10.6 Å². The first-order valence-corrected chi connectivity index (χ1v) is 11.1. The standard InChI is InChI=1S/C20H35N5S.HI/c1-16-17(2)26-18(24-16)14-22-19(21-3)23-15-20(10-6-4-7-11-20)25-12-8-5-9-13-25;/h4-15H2,1-3H3,(H2,21,22,23);1H. The number of halogens is 1. The van der Waals surface area contributed by atoms with Crippen LogP contribution in [-0.2, 0) is 6.54 Å². The van der Waals surface area contributed by atoms with E-state index >= 15 is 0 Å². The van der Waals surface area contributed by atoms with E-state index in [1.807, 2.05) is 7.05 Å². The van der Waals surface area contributed by atoms with Gasteiger partial charge in [0, 0.05) is 24.0 Å². The fraction of sp³-hybridized carbons (Fsp3) is 0.800. The highest BCUT2D eigenvalue weighted by molar-refractivity contribution is 14.0. The van der Waals surface area contributed by atoms with Gasteiger partial charge in [0.15, 0.2) is 5.96 Å². The van der Waals surface area contributed by atoms with Crippen LogP contribution in [0.3, 0.4) is 0 Å². The molecule has 7 heteroatoms. The number of nitrogens with zero attached hydrogens (tertiary/aromatic N) is 3. The topological polar surface area (TPSA) is 52.6 Å². The first-order valence-electron chi connectivity index (χ1n) is 10.3. The normalized spacial score (nSPS) is 20.8. The average Bonchev–Trinajstić information content (AvgIpc) is 3.01. The lowest BCUT2D eigenvalue weighted by Crippen LogP contribution is -2.59. The van der Waals surface area contributed by atoms with Crippen LogP contribution in [0.4, 0.5) is 0 Å². The highest BCUT2D eigenvalue weighted by Crippen LogP contribution is 2.35. The molecule has 0 unspecified atom stereocenters. The number of hydrogen-bond acceptors (Lipinski definition) is 4. The monoisotopic (exact) mass is 505 g/mol. The molecule has 1 saturated heterocycles. The summed E-state index contributed by atoms with van der Waals surface area (Å²) in [5.41, 5.74) is 1.46. The Labute approximate surface area is 185 Å². The van der Waals surface area contributed by atoms with Crippen LogP contribution in [0, 0.1) is 13.8 Å². The smallest absolute Gasteiger partial charge is 0.191 e. The zero-order valence-corrected chi connectivity index (χ0v) is 20.3. The quantitative estimate of drug-likeness (QED) is 0.357. The summed E-state index contributed by atoms with van der Waals surface area (Å²) in [7, 11) is 1.86. The van der Waals surface area contributed by atoms with Crippen molar-refractivity contribution in [3.05, 3.63) is 15.6 Å². The molecule has 3 rings (SSSR count). The summed E-state index contributed by atoms with van der Waals surface area (Å²) in [5.74, 6) is 0.900. The second-order valence-electron chi connectivity index (χ2n) is 7.86. The van der Waals surface area contributed by atoms with Crippen molar-refractivity contribution in [1.29, 1.82) is 0 Å². The Kier molecular flexibility index (Phi) is 9.28. The molecule has 1 aliphatic heterocycles. The summed E-state index contributed by atoms with van der Waals surface area (Å²) < 4.78 is 0. The van der Waals surface area contributed by atoms with Crippen LogP contribution in [0.5, 0.6) is 0 Å². The van der Waals surface area contributed by atoms with Gasteiger partial charge in [0.1, 0.15) is 5.01 Å². The summed E-state index contributed by atoms with van der Waals surface area (Å²) in [6, 6.07) is 0. The molecule has 5 nitrogen and oxygen atoms in total. The first kappa shape index (κ1) is 22.9. The zero-order valence-electron chi connectivity index (χ0n) is 17.1. The maximum absolute atomic E-state index is 4.62. The van der Waals surface area contributed by atoms with Crippen molar-refractivity contribution >= 4 is 41.3 Å². The van der Waals surface area contributed by atoms with Gasteiger partial charge in [-0.2, -0.15) is 0 Å². The highest BCUT2D eigenvalue weighted by Gasteiger charge is 2.38. The fourth-order valence-electron chi connectivity index (χ4n) is 4.43. The second kappa shape index (κ2) is 11.0. The second-order valence-corrected chi connectivity index (χ2v) is 9.15. The average molecular weight is 506 g/mol. The van der Waals surface area contributed by atoms with Crippen LogP contribution in [-0.4, -0.2) is 48.1 Å². The van der Waals surface area contributed by atoms with E-state index in [0.29, 0.717) is 5.54 Å². The molecule has 0 amide bonds. The van der Waals surface area contributed by atoms with Gasteiger partial charge in [-0.15, -0.1) is 35.3 Å². The number of rotatable bonds is 5. The van der Waals surface area contributed by atoms with Crippen molar-refractivity contribution in [2.45, 2.75) is 77.3 Å².